The minimum atomic E-state index is -0.375. The van der Waals surface area contributed by atoms with Crippen molar-refractivity contribution in [3.63, 3.8) is 0 Å². The average molecular weight is 354 g/mol. The normalized spacial score (nSPS) is 10.2. The highest BCUT2D eigenvalue weighted by molar-refractivity contribution is 7.14. The molecule has 6 nitrogen and oxygen atoms in total. The number of rotatable bonds is 5. The van der Waals surface area contributed by atoms with Crippen LogP contribution < -0.4 is 10.6 Å². The summed E-state index contributed by atoms with van der Waals surface area (Å²) in [6, 6.07) is 3.07. The molecule has 2 rings (SSSR count). The molecule has 0 bridgehead atoms. The first kappa shape index (κ1) is 17.2. The first-order valence-corrected chi connectivity index (χ1v) is 7.98. The number of ether oxygens (including phenoxy) is 1. The number of nitrogens with one attached hydrogen (secondary N) is 2. The van der Waals surface area contributed by atoms with Crippen LogP contribution in [0.2, 0.25) is 5.02 Å². The molecule has 0 aliphatic heterocycles. The number of esters is 1. The predicted molar refractivity (Wildman–Crippen MR) is 88.7 cm³/mol. The number of carbonyl (C=O) groups excluding carboxylic acids is 2. The Bertz CT molecular complexity index is 718. The molecule has 23 heavy (non-hydrogen) atoms. The van der Waals surface area contributed by atoms with Gasteiger partial charge in [0.2, 0.25) is 0 Å². The fraction of sp³-hybridized carbons (Fsp3) is 0.267. The largest absolute Gasteiger partial charge is 0.465 e. The zero-order valence-corrected chi connectivity index (χ0v) is 14.3. The van der Waals surface area contributed by atoms with Crippen molar-refractivity contribution in [3.05, 3.63) is 50.4 Å². The second-order valence-corrected chi connectivity index (χ2v) is 6.35. The standard InChI is InChI=1S/C15H16ClN3O3S/c1-9-10(5-13(23-9)14(20)22-2)7-18-15(21)19-8-11-6-17-4-3-12(11)16/h3-6H,7-8H2,1-2H3,(H2,18,19,21). The van der Waals surface area contributed by atoms with Crippen LogP contribution in [-0.4, -0.2) is 24.1 Å². The summed E-state index contributed by atoms with van der Waals surface area (Å²) in [6.45, 7) is 2.50. The van der Waals surface area contributed by atoms with Gasteiger partial charge >= 0.3 is 12.0 Å². The van der Waals surface area contributed by atoms with Crippen LogP contribution in [0.5, 0.6) is 0 Å². The van der Waals surface area contributed by atoms with E-state index >= 15 is 0 Å². The Kier molecular flexibility index (Phi) is 5.95. The van der Waals surface area contributed by atoms with E-state index in [1.165, 1.54) is 18.4 Å². The van der Waals surface area contributed by atoms with Gasteiger partial charge in [-0.2, -0.15) is 0 Å². The van der Waals surface area contributed by atoms with Gasteiger partial charge in [0, 0.05) is 40.9 Å². The van der Waals surface area contributed by atoms with Gasteiger partial charge in [-0.3, -0.25) is 4.98 Å². The molecular weight excluding hydrogens is 338 g/mol. The quantitative estimate of drug-likeness (QED) is 0.810. The Morgan fingerprint density at radius 2 is 2.00 bits per heavy atom. The van der Waals surface area contributed by atoms with Crippen LogP contribution in [0.1, 0.15) is 25.7 Å². The third kappa shape index (κ3) is 4.67. The molecule has 0 aromatic carbocycles. The minimum Gasteiger partial charge on any atom is -0.465 e. The number of urea groups is 1. The van der Waals surface area contributed by atoms with Gasteiger partial charge in [0.1, 0.15) is 4.88 Å². The molecule has 2 aromatic rings. The van der Waals surface area contributed by atoms with Crippen LogP contribution in [0.4, 0.5) is 4.79 Å². The van der Waals surface area contributed by atoms with E-state index in [9.17, 15) is 9.59 Å². The Labute approximate surface area is 142 Å². The lowest BCUT2D eigenvalue weighted by Gasteiger charge is -2.08. The molecule has 0 radical (unpaired) electrons. The van der Waals surface area contributed by atoms with Crippen LogP contribution in [0.3, 0.4) is 0 Å². The van der Waals surface area contributed by atoms with E-state index in [4.69, 9.17) is 11.6 Å². The molecule has 2 aromatic heterocycles. The molecule has 0 spiro atoms. The number of hydrogen-bond donors (Lipinski definition) is 2. The molecule has 0 saturated carbocycles. The zero-order chi connectivity index (χ0) is 16.8. The van der Waals surface area contributed by atoms with Crippen LogP contribution >= 0.6 is 22.9 Å². The van der Waals surface area contributed by atoms with E-state index in [0.29, 0.717) is 16.4 Å². The fourth-order valence-corrected chi connectivity index (χ4v) is 2.98. The van der Waals surface area contributed by atoms with Crippen molar-refractivity contribution < 1.29 is 14.3 Å². The van der Waals surface area contributed by atoms with E-state index < -0.39 is 0 Å². The van der Waals surface area contributed by atoms with E-state index in [1.54, 1.807) is 24.5 Å². The number of halogens is 1. The van der Waals surface area contributed by atoms with Crippen molar-refractivity contribution in [2.45, 2.75) is 20.0 Å². The van der Waals surface area contributed by atoms with E-state index in [-0.39, 0.29) is 18.5 Å². The number of aryl methyl sites for hydroxylation is 1. The third-order valence-corrected chi connectivity index (χ3v) is 4.57. The summed E-state index contributed by atoms with van der Waals surface area (Å²) in [5.74, 6) is -0.375. The number of nitrogens with zero attached hydrogens (tertiary/aromatic N) is 1. The number of pyridine rings is 1. The van der Waals surface area contributed by atoms with Gasteiger partial charge in [-0.05, 0) is 24.6 Å². The monoisotopic (exact) mass is 353 g/mol. The number of aromatic nitrogens is 1. The van der Waals surface area contributed by atoms with Crippen molar-refractivity contribution in [2.24, 2.45) is 0 Å². The minimum absolute atomic E-state index is 0.286. The smallest absolute Gasteiger partial charge is 0.348 e. The van der Waals surface area contributed by atoms with Crippen LogP contribution in [-0.2, 0) is 17.8 Å². The molecule has 0 atom stereocenters. The molecule has 2 N–H and O–H groups in total. The van der Waals surface area contributed by atoms with Crippen LogP contribution in [0, 0.1) is 6.92 Å². The highest BCUT2D eigenvalue weighted by Gasteiger charge is 2.13. The molecule has 122 valence electrons. The molecule has 0 unspecified atom stereocenters. The van der Waals surface area contributed by atoms with Crippen molar-refractivity contribution >= 4 is 34.9 Å². The summed E-state index contributed by atoms with van der Waals surface area (Å²) in [6.07, 6.45) is 3.19. The number of thiophene rings is 1. The Balaban J connectivity index is 1.86. The lowest BCUT2D eigenvalue weighted by molar-refractivity contribution is 0.0606. The van der Waals surface area contributed by atoms with Gasteiger partial charge in [0.15, 0.2) is 0 Å². The molecule has 0 aliphatic carbocycles. The topological polar surface area (TPSA) is 80.3 Å². The summed E-state index contributed by atoms with van der Waals surface area (Å²) in [5.41, 5.74) is 1.62. The SMILES string of the molecule is COC(=O)c1cc(CNC(=O)NCc2cnccc2Cl)c(C)s1. The lowest BCUT2D eigenvalue weighted by Crippen LogP contribution is -2.34. The highest BCUT2D eigenvalue weighted by atomic mass is 35.5. The maximum absolute atomic E-state index is 11.8. The Hall–Kier alpha value is -2.12. The van der Waals surface area contributed by atoms with Crippen molar-refractivity contribution in [1.82, 2.24) is 15.6 Å². The summed E-state index contributed by atoms with van der Waals surface area (Å²) in [4.78, 5) is 28.7. The van der Waals surface area contributed by atoms with Gasteiger partial charge in [-0.1, -0.05) is 11.6 Å². The highest BCUT2D eigenvalue weighted by Crippen LogP contribution is 2.22. The van der Waals surface area contributed by atoms with Crippen molar-refractivity contribution in [1.29, 1.82) is 0 Å². The van der Waals surface area contributed by atoms with Gasteiger partial charge in [0.05, 0.1) is 7.11 Å². The Morgan fingerprint density at radius 1 is 1.30 bits per heavy atom. The molecule has 2 heterocycles. The summed E-state index contributed by atoms with van der Waals surface area (Å²) in [7, 11) is 1.34. The average Bonchev–Trinajstić information content (AvgIpc) is 2.92. The van der Waals surface area contributed by atoms with Gasteiger partial charge < -0.3 is 15.4 Å². The second-order valence-electron chi connectivity index (χ2n) is 4.69. The third-order valence-electron chi connectivity index (χ3n) is 3.13. The summed E-state index contributed by atoms with van der Waals surface area (Å²) >= 11 is 7.33. The Morgan fingerprint density at radius 3 is 2.65 bits per heavy atom. The molecule has 0 aliphatic rings. The van der Waals surface area contributed by atoms with Crippen LogP contribution in [0.25, 0.3) is 0 Å². The number of methoxy groups -OCH3 is 1. The fourth-order valence-electron chi connectivity index (χ4n) is 1.85. The molecule has 8 heteroatoms. The number of hydrogen-bond acceptors (Lipinski definition) is 5. The van der Waals surface area contributed by atoms with Gasteiger partial charge in [-0.25, -0.2) is 9.59 Å². The summed E-state index contributed by atoms with van der Waals surface area (Å²) < 4.78 is 4.68. The van der Waals surface area contributed by atoms with E-state index in [1.807, 2.05) is 6.92 Å². The number of carbonyl (C=O) groups is 2. The lowest BCUT2D eigenvalue weighted by atomic mass is 10.2. The zero-order valence-electron chi connectivity index (χ0n) is 12.7. The molecule has 2 amide bonds. The molecule has 0 saturated heterocycles. The van der Waals surface area contributed by atoms with E-state index in [0.717, 1.165) is 16.0 Å². The van der Waals surface area contributed by atoms with Crippen molar-refractivity contribution in [2.75, 3.05) is 7.11 Å². The van der Waals surface area contributed by atoms with Gasteiger partial charge in [0.25, 0.3) is 0 Å². The maximum Gasteiger partial charge on any atom is 0.348 e. The molecule has 0 fully saturated rings. The van der Waals surface area contributed by atoms with Gasteiger partial charge in [-0.15, -0.1) is 11.3 Å². The molecular formula is C15H16ClN3O3S. The predicted octanol–water partition coefficient (Wildman–Crippen LogP) is 2.89. The van der Waals surface area contributed by atoms with Crippen molar-refractivity contribution in [3.8, 4) is 0 Å². The number of amides is 2. The first-order valence-electron chi connectivity index (χ1n) is 6.79. The first-order chi connectivity index (χ1) is 11.0. The summed E-state index contributed by atoms with van der Waals surface area (Å²) in [5, 5.41) is 6.00. The van der Waals surface area contributed by atoms with E-state index in [2.05, 4.69) is 20.4 Å². The van der Waals surface area contributed by atoms with Crippen LogP contribution in [0.15, 0.2) is 24.5 Å². The second kappa shape index (κ2) is 7.94. The maximum atomic E-state index is 11.8.